The van der Waals surface area contributed by atoms with Crippen LogP contribution in [0.4, 0.5) is 5.69 Å². The zero-order valence-electron chi connectivity index (χ0n) is 16.7. The lowest BCUT2D eigenvalue weighted by Crippen LogP contribution is -2.15. The van der Waals surface area contributed by atoms with Crippen molar-refractivity contribution in [2.45, 2.75) is 33.8 Å². The van der Waals surface area contributed by atoms with Crippen molar-refractivity contribution in [3.8, 4) is 17.2 Å². The fourth-order valence-electron chi connectivity index (χ4n) is 2.75. The zero-order valence-corrected chi connectivity index (χ0v) is 16.7. The van der Waals surface area contributed by atoms with Crippen LogP contribution in [0.1, 0.15) is 35.3 Å². The minimum atomic E-state index is -1.06. The Bertz CT molecular complexity index is 852. The summed E-state index contributed by atoms with van der Waals surface area (Å²) in [5.74, 6) is 0.241. The van der Waals surface area contributed by atoms with E-state index in [1.54, 1.807) is 51.3 Å². The lowest BCUT2D eigenvalue weighted by atomic mass is 10.0. The summed E-state index contributed by atoms with van der Waals surface area (Å²) in [7, 11) is 1.56. The van der Waals surface area contributed by atoms with Gasteiger partial charge in [-0.15, -0.1) is 0 Å². The molecule has 0 heterocycles. The van der Waals surface area contributed by atoms with Crippen molar-refractivity contribution in [1.82, 2.24) is 0 Å². The Balaban J connectivity index is 2.22. The monoisotopic (exact) mass is 387 g/mol. The summed E-state index contributed by atoms with van der Waals surface area (Å²) < 4.78 is 16.3. The van der Waals surface area contributed by atoms with E-state index >= 15 is 0 Å². The van der Waals surface area contributed by atoms with Gasteiger partial charge in [-0.05, 0) is 63.1 Å². The Kier molecular flexibility index (Phi) is 6.87. The highest BCUT2D eigenvalue weighted by molar-refractivity contribution is 6.04. The van der Waals surface area contributed by atoms with Crippen LogP contribution >= 0.6 is 0 Å². The summed E-state index contributed by atoms with van der Waals surface area (Å²) in [6, 6.07) is 8.49. The molecule has 150 valence electrons. The molecule has 0 spiro atoms. The largest absolute Gasteiger partial charge is 0.493 e. The average molecular weight is 387 g/mol. The molecular formula is C21H25NO6. The standard InChI is InChI=1S/C21H25NO6/c1-12(2)28-18-10-16(6-7-17(18)26-5)22-21(25)15-8-13(3)20(14(4)9-15)27-11-19(23)24/h6-10,12H,11H2,1-5H3,(H,22,25)(H,23,24). The van der Waals surface area contributed by atoms with Crippen LogP contribution in [0, 0.1) is 13.8 Å². The molecule has 0 fully saturated rings. The second kappa shape index (κ2) is 9.12. The summed E-state index contributed by atoms with van der Waals surface area (Å²) in [4.78, 5) is 23.4. The van der Waals surface area contributed by atoms with Gasteiger partial charge in [-0.3, -0.25) is 4.79 Å². The van der Waals surface area contributed by atoms with Crippen molar-refractivity contribution in [1.29, 1.82) is 0 Å². The molecule has 0 radical (unpaired) electrons. The number of benzene rings is 2. The topological polar surface area (TPSA) is 94.1 Å². The SMILES string of the molecule is COc1ccc(NC(=O)c2cc(C)c(OCC(=O)O)c(C)c2)cc1OC(C)C. The Hall–Kier alpha value is -3.22. The number of ether oxygens (including phenoxy) is 3. The Morgan fingerprint density at radius 1 is 1.07 bits per heavy atom. The molecule has 2 aromatic rings. The Morgan fingerprint density at radius 3 is 2.25 bits per heavy atom. The number of nitrogens with one attached hydrogen (secondary N) is 1. The molecule has 28 heavy (non-hydrogen) atoms. The van der Waals surface area contributed by atoms with Crippen LogP contribution in [-0.2, 0) is 4.79 Å². The second-order valence-corrected chi connectivity index (χ2v) is 6.61. The maximum atomic E-state index is 12.7. The highest BCUT2D eigenvalue weighted by Crippen LogP contribution is 2.31. The van der Waals surface area contributed by atoms with Crippen molar-refractivity contribution >= 4 is 17.6 Å². The molecule has 0 aliphatic rings. The quantitative estimate of drug-likeness (QED) is 0.715. The van der Waals surface area contributed by atoms with Gasteiger partial charge in [0, 0.05) is 17.3 Å². The molecule has 0 saturated carbocycles. The van der Waals surface area contributed by atoms with Gasteiger partial charge in [0.05, 0.1) is 13.2 Å². The van der Waals surface area contributed by atoms with Gasteiger partial charge in [-0.2, -0.15) is 0 Å². The summed E-state index contributed by atoms with van der Waals surface area (Å²) in [6.07, 6.45) is -0.0384. The van der Waals surface area contributed by atoms with Crippen LogP contribution in [-0.4, -0.2) is 36.8 Å². The van der Waals surface area contributed by atoms with Crippen LogP contribution in [0.3, 0.4) is 0 Å². The van der Waals surface area contributed by atoms with Gasteiger partial charge in [0.1, 0.15) is 5.75 Å². The van der Waals surface area contributed by atoms with Gasteiger partial charge < -0.3 is 24.6 Å². The van der Waals surface area contributed by atoms with Crippen LogP contribution in [0.15, 0.2) is 30.3 Å². The van der Waals surface area contributed by atoms with Gasteiger partial charge in [0.2, 0.25) is 0 Å². The predicted octanol–water partition coefficient (Wildman–Crippen LogP) is 3.81. The van der Waals surface area contributed by atoms with E-state index in [0.29, 0.717) is 39.6 Å². The Labute approximate surface area is 164 Å². The van der Waals surface area contributed by atoms with Crippen molar-refractivity contribution in [3.63, 3.8) is 0 Å². The minimum Gasteiger partial charge on any atom is -0.493 e. The molecule has 2 rings (SSSR count). The van der Waals surface area contributed by atoms with Crippen LogP contribution in [0.2, 0.25) is 0 Å². The normalized spacial score (nSPS) is 10.5. The maximum Gasteiger partial charge on any atom is 0.341 e. The van der Waals surface area contributed by atoms with E-state index in [2.05, 4.69) is 5.32 Å². The van der Waals surface area contributed by atoms with Gasteiger partial charge in [-0.1, -0.05) is 0 Å². The fraction of sp³-hybridized carbons (Fsp3) is 0.333. The summed E-state index contributed by atoms with van der Waals surface area (Å²) in [5.41, 5.74) is 2.39. The molecule has 0 bridgehead atoms. The molecule has 7 nitrogen and oxygen atoms in total. The first-order chi connectivity index (χ1) is 13.2. The first-order valence-electron chi connectivity index (χ1n) is 8.83. The zero-order chi connectivity index (χ0) is 20.8. The number of aryl methyl sites for hydroxylation is 2. The first kappa shape index (κ1) is 21.1. The lowest BCUT2D eigenvalue weighted by Gasteiger charge is -2.16. The highest BCUT2D eigenvalue weighted by Gasteiger charge is 2.14. The smallest absolute Gasteiger partial charge is 0.341 e. The molecular weight excluding hydrogens is 362 g/mol. The molecule has 1 amide bonds. The summed E-state index contributed by atoms with van der Waals surface area (Å²) in [6.45, 7) is 6.91. The molecule has 2 N–H and O–H groups in total. The molecule has 0 aliphatic carbocycles. The number of anilines is 1. The third kappa shape index (κ3) is 5.39. The number of carbonyl (C=O) groups is 2. The van der Waals surface area contributed by atoms with Gasteiger partial charge in [0.15, 0.2) is 18.1 Å². The van der Waals surface area contributed by atoms with Crippen molar-refractivity contribution in [2.24, 2.45) is 0 Å². The summed E-state index contributed by atoms with van der Waals surface area (Å²) >= 11 is 0. The van der Waals surface area contributed by atoms with Gasteiger partial charge >= 0.3 is 5.97 Å². The number of hydrogen-bond acceptors (Lipinski definition) is 5. The molecule has 0 aliphatic heterocycles. The lowest BCUT2D eigenvalue weighted by molar-refractivity contribution is -0.139. The molecule has 0 unspecified atom stereocenters. The van der Waals surface area contributed by atoms with E-state index in [9.17, 15) is 9.59 Å². The van der Waals surface area contributed by atoms with E-state index < -0.39 is 12.6 Å². The molecule has 0 saturated heterocycles. The number of carboxylic acids is 1. The van der Waals surface area contributed by atoms with Gasteiger partial charge in [-0.25, -0.2) is 4.79 Å². The number of methoxy groups -OCH3 is 1. The molecule has 7 heteroatoms. The molecule has 2 aromatic carbocycles. The third-order valence-electron chi connectivity index (χ3n) is 3.85. The van der Waals surface area contributed by atoms with Crippen LogP contribution in [0.25, 0.3) is 0 Å². The average Bonchev–Trinajstić information content (AvgIpc) is 2.60. The van der Waals surface area contributed by atoms with E-state index in [-0.39, 0.29) is 12.0 Å². The van der Waals surface area contributed by atoms with E-state index in [1.165, 1.54) is 0 Å². The minimum absolute atomic E-state index is 0.0384. The first-order valence-corrected chi connectivity index (χ1v) is 8.83. The number of rotatable bonds is 8. The van der Waals surface area contributed by atoms with Gasteiger partial charge in [0.25, 0.3) is 5.91 Å². The number of aliphatic carboxylic acids is 1. The maximum absolute atomic E-state index is 12.7. The Morgan fingerprint density at radius 2 is 1.71 bits per heavy atom. The molecule has 0 aromatic heterocycles. The fourth-order valence-corrected chi connectivity index (χ4v) is 2.75. The summed E-state index contributed by atoms with van der Waals surface area (Å²) in [5, 5.41) is 11.6. The third-order valence-corrected chi connectivity index (χ3v) is 3.85. The number of hydrogen-bond donors (Lipinski definition) is 2. The van der Waals surface area contributed by atoms with Crippen molar-refractivity contribution < 1.29 is 28.9 Å². The van der Waals surface area contributed by atoms with E-state index in [4.69, 9.17) is 19.3 Å². The second-order valence-electron chi connectivity index (χ2n) is 6.61. The molecule has 0 atom stereocenters. The van der Waals surface area contributed by atoms with Crippen LogP contribution < -0.4 is 19.5 Å². The highest BCUT2D eigenvalue weighted by atomic mass is 16.5. The number of carbonyl (C=O) groups excluding carboxylic acids is 1. The van der Waals surface area contributed by atoms with E-state index in [0.717, 1.165) is 0 Å². The van der Waals surface area contributed by atoms with Crippen LogP contribution in [0.5, 0.6) is 17.2 Å². The predicted molar refractivity (Wildman–Crippen MR) is 106 cm³/mol. The van der Waals surface area contributed by atoms with Crippen molar-refractivity contribution in [2.75, 3.05) is 19.0 Å². The number of carboxylic acid groups (broad SMARTS) is 1. The number of amides is 1. The van der Waals surface area contributed by atoms with E-state index in [1.807, 2.05) is 13.8 Å². The van der Waals surface area contributed by atoms with Crippen molar-refractivity contribution in [3.05, 3.63) is 47.0 Å².